The second-order valence-corrected chi connectivity index (χ2v) is 6.13. The predicted octanol–water partition coefficient (Wildman–Crippen LogP) is -1.34. The Morgan fingerprint density at radius 3 is 2.08 bits per heavy atom. The Bertz CT molecular complexity index is 392. The second-order valence-electron chi connectivity index (χ2n) is 2.52. The minimum Gasteiger partial charge on any atom is -0.396 e. The van der Waals surface area contributed by atoms with E-state index in [4.69, 9.17) is 9.66 Å². The normalized spacial score (nSPS) is 31.5. The third kappa shape index (κ3) is 1.57. The Morgan fingerprint density at radius 1 is 1.38 bits per heavy atom. The van der Waals surface area contributed by atoms with Gasteiger partial charge in [-0.05, 0) is 6.42 Å². The molecular formula is C4H8O7S2. The number of rotatable bonds is 4. The van der Waals surface area contributed by atoms with Crippen LogP contribution >= 0.6 is 0 Å². The van der Waals surface area contributed by atoms with Crippen molar-refractivity contribution in [3.05, 3.63) is 0 Å². The van der Waals surface area contributed by atoms with Crippen LogP contribution in [-0.4, -0.2) is 37.4 Å². The topological polar surface area (TPSA) is 121 Å². The largest absolute Gasteiger partial charge is 0.396 e. The van der Waals surface area contributed by atoms with Gasteiger partial charge in [-0.3, -0.25) is 4.55 Å². The molecule has 0 radical (unpaired) electrons. The maximum Gasteiger partial charge on any atom is 0.335 e. The van der Waals surface area contributed by atoms with E-state index in [1.165, 1.54) is 0 Å². The molecule has 1 saturated heterocycles. The van der Waals surface area contributed by atoms with Gasteiger partial charge < -0.3 is 5.11 Å². The van der Waals surface area contributed by atoms with Crippen molar-refractivity contribution < 1.29 is 30.7 Å². The molecule has 0 saturated carbocycles. The molecule has 0 aromatic rings. The van der Waals surface area contributed by atoms with Crippen LogP contribution in [0.3, 0.4) is 0 Å². The molecular weight excluding hydrogens is 224 g/mol. The highest BCUT2D eigenvalue weighted by molar-refractivity contribution is 8.10. The lowest BCUT2D eigenvalue weighted by molar-refractivity contribution is 0.262. The highest BCUT2D eigenvalue weighted by Crippen LogP contribution is 2.47. The van der Waals surface area contributed by atoms with E-state index in [2.05, 4.69) is 4.18 Å². The van der Waals surface area contributed by atoms with Crippen molar-refractivity contribution in [2.75, 3.05) is 6.61 Å². The monoisotopic (exact) mass is 232 g/mol. The summed E-state index contributed by atoms with van der Waals surface area (Å²) in [6, 6.07) is 0. The molecule has 0 aliphatic carbocycles. The molecule has 0 aromatic heterocycles. The van der Waals surface area contributed by atoms with E-state index in [1.807, 2.05) is 0 Å². The van der Waals surface area contributed by atoms with E-state index in [-0.39, 0.29) is 13.0 Å². The Morgan fingerprint density at radius 2 is 1.85 bits per heavy atom. The maximum atomic E-state index is 10.7. The zero-order valence-corrected chi connectivity index (χ0v) is 8.01. The molecule has 1 aliphatic heterocycles. The summed E-state index contributed by atoms with van der Waals surface area (Å²) >= 11 is 0. The van der Waals surface area contributed by atoms with Crippen molar-refractivity contribution in [1.29, 1.82) is 0 Å². The summed E-state index contributed by atoms with van der Waals surface area (Å²) in [6.45, 7) is -0.379. The van der Waals surface area contributed by atoms with Gasteiger partial charge in [0, 0.05) is 13.0 Å². The van der Waals surface area contributed by atoms with Crippen molar-refractivity contribution in [2.45, 2.75) is 17.1 Å². The Hall–Kier alpha value is -0.220. The second kappa shape index (κ2) is 2.89. The third-order valence-electron chi connectivity index (χ3n) is 1.63. The summed E-state index contributed by atoms with van der Waals surface area (Å²) in [5, 5.41) is 8.37. The fourth-order valence-electron chi connectivity index (χ4n) is 0.913. The molecule has 0 amide bonds. The fraction of sp³-hybridized carbons (Fsp3) is 1.00. The zero-order valence-electron chi connectivity index (χ0n) is 6.37. The van der Waals surface area contributed by atoms with E-state index in [0.717, 1.165) is 0 Å². The number of hydrogen-bond acceptors (Lipinski definition) is 6. The highest BCUT2D eigenvalue weighted by atomic mass is 32.3. The predicted molar refractivity (Wildman–Crippen MR) is 40.6 cm³/mol. The zero-order chi connectivity index (χ0) is 10.3. The molecule has 78 valence electrons. The van der Waals surface area contributed by atoms with Crippen molar-refractivity contribution in [3.8, 4) is 0 Å². The van der Waals surface area contributed by atoms with Crippen molar-refractivity contribution >= 4 is 20.2 Å². The minimum absolute atomic E-state index is 0.0843. The molecule has 1 unspecified atom stereocenters. The van der Waals surface area contributed by atoms with Gasteiger partial charge in [0.15, 0.2) is 0 Å². The number of aliphatic hydroxyl groups excluding tert-OH is 1. The first-order valence-corrected chi connectivity index (χ1v) is 6.15. The van der Waals surface area contributed by atoms with Crippen LogP contribution < -0.4 is 0 Å². The van der Waals surface area contributed by atoms with Crippen LogP contribution in [0.5, 0.6) is 0 Å². The van der Waals surface area contributed by atoms with Gasteiger partial charge in [-0.25, -0.2) is 4.18 Å². The van der Waals surface area contributed by atoms with Crippen molar-refractivity contribution in [1.82, 2.24) is 0 Å². The standard InChI is InChI=1S/C4H8O7S2/c5-3-1-2-4(12(6,7)8)11-13(4,9)10/h5H,1-3H2,(H,6,7,8). The third-order valence-corrected chi connectivity index (χ3v) is 5.45. The summed E-state index contributed by atoms with van der Waals surface area (Å²) in [4.78, 5) is 0. The van der Waals surface area contributed by atoms with Crippen molar-refractivity contribution in [2.24, 2.45) is 0 Å². The fourth-order valence-corrected chi connectivity index (χ4v) is 3.90. The maximum absolute atomic E-state index is 10.7. The van der Waals surface area contributed by atoms with E-state index in [9.17, 15) is 16.8 Å². The summed E-state index contributed by atoms with van der Waals surface area (Å²) in [5.74, 6) is 0. The highest BCUT2D eigenvalue weighted by Gasteiger charge is 2.73. The molecule has 0 spiro atoms. The van der Waals surface area contributed by atoms with Crippen LogP contribution in [0, 0.1) is 0 Å². The van der Waals surface area contributed by atoms with Crippen molar-refractivity contribution in [3.63, 3.8) is 0 Å². The lowest BCUT2D eigenvalue weighted by atomic mass is 10.3. The van der Waals surface area contributed by atoms with E-state index in [0.29, 0.717) is 0 Å². The van der Waals surface area contributed by atoms with Gasteiger partial charge in [-0.1, -0.05) is 0 Å². The Balaban J connectivity index is 2.96. The van der Waals surface area contributed by atoms with Gasteiger partial charge in [0.25, 0.3) is 0 Å². The van der Waals surface area contributed by atoms with E-state index >= 15 is 0 Å². The molecule has 9 heteroatoms. The minimum atomic E-state index is -4.79. The summed E-state index contributed by atoms with van der Waals surface area (Å²) in [7, 11) is -8.99. The molecule has 1 heterocycles. The number of hydrogen-bond donors (Lipinski definition) is 2. The average Bonchev–Trinajstić information content (AvgIpc) is 2.49. The van der Waals surface area contributed by atoms with Gasteiger partial charge >= 0.3 is 24.5 Å². The summed E-state index contributed by atoms with van der Waals surface area (Å²) < 4.78 is 52.6. The average molecular weight is 232 g/mol. The van der Waals surface area contributed by atoms with Gasteiger partial charge in [0.2, 0.25) is 0 Å². The number of aliphatic hydroxyl groups is 1. The summed E-state index contributed by atoms with van der Waals surface area (Å²) in [5.41, 5.74) is 0. The molecule has 7 nitrogen and oxygen atoms in total. The molecule has 1 atom stereocenters. The van der Waals surface area contributed by atoms with Gasteiger partial charge in [-0.2, -0.15) is 16.8 Å². The van der Waals surface area contributed by atoms with Crippen LogP contribution in [-0.2, 0) is 24.4 Å². The molecule has 0 bridgehead atoms. The first kappa shape index (κ1) is 10.9. The molecule has 1 aliphatic rings. The lowest BCUT2D eigenvalue weighted by Gasteiger charge is -2.01. The van der Waals surface area contributed by atoms with Gasteiger partial charge in [0.05, 0.1) is 0 Å². The lowest BCUT2D eigenvalue weighted by Crippen LogP contribution is -2.25. The van der Waals surface area contributed by atoms with Crippen LogP contribution in [0.4, 0.5) is 0 Å². The smallest absolute Gasteiger partial charge is 0.335 e. The van der Waals surface area contributed by atoms with Crippen LogP contribution in [0.1, 0.15) is 12.8 Å². The molecule has 0 aromatic carbocycles. The van der Waals surface area contributed by atoms with Gasteiger partial charge in [-0.15, -0.1) is 0 Å². The first-order chi connectivity index (χ1) is 5.77. The first-order valence-electron chi connectivity index (χ1n) is 3.30. The van der Waals surface area contributed by atoms with Gasteiger partial charge in [0.1, 0.15) is 0 Å². The Kier molecular flexibility index (Phi) is 2.41. The van der Waals surface area contributed by atoms with Crippen LogP contribution in [0.25, 0.3) is 0 Å². The molecule has 13 heavy (non-hydrogen) atoms. The Labute approximate surface area is 75.2 Å². The van der Waals surface area contributed by atoms with E-state index in [1.54, 1.807) is 0 Å². The molecule has 2 N–H and O–H groups in total. The van der Waals surface area contributed by atoms with E-state index < -0.39 is 30.9 Å². The molecule has 1 rings (SSSR count). The summed E-state index contributed by atoms with van der Waals surface area (Å²) in [6.07, 6.45) is -0.552. The van der Waals surface area contributed by atoms with Crippen LogP contribution in [0.2, 0.25) is 0 Å². The SMILES string of the molecule is O=S(=O)(O)C1(CCCO)OS1(=O)=O. The molecule has 1 fully saturated rings. The quantitative estimate of drug-likeness (QED) is 0.454. The van der Waals surface area contributed by atoms with Crippen LogP contribution in [0.15, 0.2) is 0 Å².